The maximum absolute atomic E-state index is 14.2. The van der Waals surface area contributed by atoms with E-state index in [2.05, 4.69) is 51.7 Å². The number of carbonyl (C=O) groups is 2. The molecule has 5 aliphatic heterocycles. The first-order chi connectivity index (χ1) is 23.9. The summed E-state index contributed by atoms with van der Waals surface area (Å²) in [6.07, 6.45) is 12.4. The standard InChI is InChI=1S/C34H60B2N6O8/c1-5-27-11-6-7-16-33(50-27)22-25-12-13-28-30(34(17-8-10-24(2)49-34)40-32(39-33)42(25)28)31(45)48-21-15-29(44)41(20-9-18-37-35(3)46)23-26(43)14-19-38-36(4)47/h6,11,24-28,30,37-38,43,46-47H,5,7-10,12-23H2,1-4H3,(H,39,40)/p+1/t24-,25+,26+,27+,28-,30-,33+,34-/m1/s1. The van der Waals surface area contributed by atoms with Crippen LogP contribution in [0.25, 0.3) is 0 Å². The van der Waals surface area contributed by atoms with Gasteiger partial charge in [-0.1, -0.05) is 19.1 Å². The van der Waals surface area contributed by atoms with Crippen LogP contribution < -0.4 is 21.1 Å². The molecule has 14 nitrogen and oxygen atoms in total. The molecule has 7 N–H and O–H groups in total. The number of nitrogens with one attached hydrogen (secondary N) is 4. The Morgan fingerprint density at radius 1 is 1.14 bits per heavy atom. The second-order valence-corrected chi connectivity index (χ2v) is 15.0. The minimum absolute atomic E-state index is 0.0128. The fourth-order valence-corrected chi connectivity index (χ4v) is 8.59. The van der Waals surface area contributed by atoms with Gasteiger partial charge in [0.25, 0.3) is 0 Å². The molecule has 0 radical (unpaired) electrons. The van der Waals surface area contributed by atoms with Crippen LogP contribution in [0.15, 0.2) is 12.2 Å². The molecule has 5 rings (SSSR count). The summed E-state index contributed by atoms with van der Waals surface area (Å²) in [5.74, 6) is -0.267. The summed E-state index contributed by atoms with van der Waals surface area (Å²) >= 11 is 0. The Hall–Kier alpha value is -2.20. The Labute approximate surface area is 298 Å². The van der Waals surface area contributed by atoms with Gasteiger partial charge in [0.2, 0.25) is 11.6 Å². The highest BCUT2D eigenvalue weighted by Gasteiger charge is 2.64. The van der Waals surface area contributed by atoms with Gasteiger partial charge in [-0.3, -0.25) is 14.2 Å². The molecule has 5 aliphatic rings. The number of aliphatic hydroxyl groups excluding tert-OH is 1. The van der Waals surface area contributed by atoms with Crippen LogP contribution in [0.2, 0.25) is 13.6 Å². The highest BCUT2D eigenvalue weighted by atomic mass is 16.6. The summed E-state index contributed by atoms with van der Waals surface area (Å²) in [7, 11) is -1.35. The van der Waals surface area contributed by atoms with Gasteiger partial charge in [0.15, 0.2) is 11.6 Å². The normalized spacial score (nSPS) is 32.2. The minimum atomic E-state index is -0.935. The van der Waals surface area contributed by atoms with Crippen LogP contribution in [0.1, 0.15) is 90.9 Å². The molecular weight excluding hydrogens is 642 g/mol. The van der Waals surface area contributed by atoms with E-state index >= 15 is 0 Å². The maximum atomic E-state index is 14.2. The van der Waals surface area contributed by atoms with Crippen molar-refractivity contribution in [2.45, 2.75) is 146 Å². The lowest BCUT2D eigenvalue weighted by molar-refractivity contribution is -0.609. The third kappa shape index (κ3) is 9.61. The number of ether oxygens (including phenoxy) is 3. The van der Waals surface area contributed by atoms with E-state index in [-0.39, 0.29) is 55.7 Å². The van der Waals surface area contributed by atoms with Crippen molar-refractivity contribution < 1.29 is 43.5 Å². The van der Waals surface area contributed by atoms with Crippen molar-refractivity contribution in [1.82, 2.24) is 26.0 Å². The molecule has 0 aromatic rings. The molecule has 0 bridgehead atoms. The van der Waals surface area contributed by atoms with Gasteiger partial charge in [0.05, 0.1) is 36.8 Å². The van der Waals surface area contributed by atoms with Crippen LogP contribution in [0.3, 0.4) is 0 Å². The number of carbonyl (C=O) groups excluding carboxylic acids is 2. The Morgan fingerprint density at radius 3 is 2.66 bits per heavy atom. The SMILES string of the molecule is CC[C@H]1C=CCC[C@@]2(C[C@@H]3CC[C@@H]4[C@H](C(=O)OCCC(=O)N(CCCNB(C)O)C[C@@H](O)CCNB(C)O)[C@]5(CCC[C@@H](C)O5)NC(=[N+]34)N2)O1. The number of hydrogen-bond acceptors (Lipinski definition) is 12. The van der Waals surface area contributed by atoms with Crippen molar-refractivity contribution in [2.75, 3.05) is 32.8 Å². The van der Waals surface area contributed by atoms with Gasteiger partial charge >= 0.3 is 26.0 Å². The van der Waals surface area contributed by atoms with Crippen molar-refractivity contribution in [3.05, 3.63) is 12.2 Å². The molecule has 0 aromatic carbocycles. The van der Waals surface area contributed by atoms with Crippen LogP contribution in [0.4, 0.5) is 0 Å². The van der Waals surface area contributed by atoms with Crippen LogP contribution >= 0.6 is 0 Å². The number of allylic oxidation sites excluding steroid dienone is 1. The van der Waals surface area contributed by atoms with E-state index in [4.69, 9.17) is 14.2 Å². The van der Waals surface area contributed by atoms with E-state index in [0.717, 1.165) is 57.3 Å². The average Bonchev–Trinajstić information content (AvgIpc) is 3.36. The second-order valence-electron chi connectivity index (χ2n) is 15.0. The Kier molecular flexibility index (Phi) is 13.7. The van der Waals surface area contributed by atoms with E-state index < -0.39 is 37.6 Å². The van der Waals surface area contributed by atoms with Crippen molar-refractivity contribution in [1.29, 1.82) is 0 Å². The zero-order chi connectivity index (χ0) is 35.9. The predicted molar refractivity (Wildman–Crippen MR) is 191 cm³/mol. The number of rotatable bonds is 16. The Bertz CT molecular complexity index is 1230. The molecule has 0 aliphatic carbocycles. The average molecular weight is 704 g/mol. The zero-order valence-corrected chi connectivity index (χ0v) is 30.6. The largest absolute Gasteiger partial charge is 0.465 e. The highest BCUT2D eigenvalue weighted by molar-refractivity contribution is 6.45. The van der Waals surface area contributed by atoms with E-state index in [1.165, 1.54) is 0 Å². The molecule has 0 unspecified atom stereocenters. The number of guanidine groups is 1. The first-order valence-electron chi connectivity index (χ1n) is 19.1. The summed E-state index contributed by atoms with van der Waals surface area (Å²) in [6.45, 7) is 8.77. The summed E-state index contributed by atoms with van der Waals surface area (Å²) < 4.78 is 21.8. The molecule has 0 aromatic heterocycles. The van der Waals surface area contributed by atoms with Gasteiger partial charge in [0.1, 0.15) is 6.61 Å². The van der Waals surface area contributed by atoms with Gasteiger partial charge in [-0.25, -0.2) is 10.6 Å². The molecular formula is C34H61B2N6O8+. The summed E-state index contributed by atoms with van der Waals surface area (Å²) in [5, 5.41) is 43.0. The topological polar surface area (TPSA) is 177 Å². The predicted octanol–water partition coefficient (Wildman–Crippen LogP) is 0.528. The quantitative estimate of drug-likeness (QED) is 0.0391. The van der Waals surface area contributed by atoms with Crippen LogP contribution in [0.5, 0.6) is 0 Å². The molecule has 1 amide bonds. The molecule has 2 spiro atoms. The third-order valence-corrected chi connectivity index (χ3v) is 10.9. The smallest absolute Gasteiger partial charge is 0.373 e. The van der Waals surface area contributed by atoms with E-state index in [9.17, 15) is 24.7 Å². The van der Waals surface area contributed by atoms with E-state index in [1.807, 2.05) is 0 Å². The van der Waals surface area contributed by atoms with Crippen LogP contribution in [-0.2, 0) is 23.8 Å². The molecule has 8 atom stereocenters. The molecule has 2 fully saturated rings. The molecule has 280 valence electrons. The molecule has 16 heteroatoms. The lowest BCUT2D eigenvalue weighted by atomic mass is 9.80. The molecule has 50 heavy (non-hydrogen) atoms. The van der Waals surface area contributed by atoms with Crippen molar-refractivity contribution in [3.63, 3.8) is 0 Å². The molecule has 2 saturated heterocycles. The monoisotopic (exact) mass is 703 g/mol. The van der Waals surface area contributed by atoms with Crippen molar-refractivity contribution in [2.24, 2.45) is 5.92 Å². The van der Waals surface area contributed by atoms with Crippen molar-refractivity contribution in [3.8, 4) is 0 Å². The lowest BCUT2D eigenvalue weighted by Crippen LogP contribution is -2.76. The third-order valence-electron chi connectivity index (χ3n) is 10.9. The Balaban J connectivity index is 1.26. The number of aliphatic hydroxyl groups is 1. The van der Waals surface area contributed by atoms with E-state index in [1.54, 1.807) is 18.5 Å². The minimum Gasteiger partial charge on any atom is -0.465 e. The maximum Gasteiger partial charge on any atom is 0.373 e. The van der Waals surface area contributed by atoms with E-state index in [0.29, 0.717) is 38.9 Å². The zero-order valence-electron chi connectivity index (χ0n) is 30.6. The van der Waals surface area contributed by atoms with Gasteiger partial charge < -0.3 is 44.7 Å². The fourth-order valence-electron chi connectivity index (χ4n) is 8.59. The van der Waals surface area contributed by atoms with Gasteiger partial charge in [-0.2, -0.15) is 0 Å². The number of esters is 1. The van der Waals surface area contributed by atoms with Gasteiger partial charge in [0, 0.05) is 32.4 Å². The number of hydrogen-bond donors (Lipinski definition) is 7. The van der Waals surface area contributed by atoms with Crippen LogP contribution in [0, 0.1) is 5.92 Å². The summed E-state index contributed by atoms with van der Waals surface area (Å²) in [4.78, 5) is 29.2. The van der Waals surface area contributed by atoms with Gasteiger partial charge in [-0.05, 0) is 85.0 Å². The second kappa shape index (κ2) is 17.5. The summed E-state index contributed by atoms with van der Waals surface area (Å²) in [5.41, 5.74) is -1.42. The lowest BCUT2D eigenvalue weighted by Gasteiger charge is -2.50. The summed E-state index contributed by atoms with van der Waals surface area (Å²) in [6, 6.07) is 0.109. The molecule has 5 heterocycles. The fraction of sp³-hybridized carbons (Fsp3) is 0.853. The van der Waals surface area contributed by atoms with Crippen molar-refractivity contribution >= 4 is 31.9 Å². The number of nitrogens with zero attached hydrogens (tertiary/aromatic N) is 2. The Morgan fingerprint density at radius 2 is 1.92 bits per heavy atom. The first kappa shape index (κ1) is 39.0. The van der Waals surface area contributed by atoms with Crippen LogP contribution in [-0.4, -0.2) is 131 Å². The van der Waals surface area contributed by atoms with Gasteiger partial charge in [-0.15, -0.1) is 0 Å². The molecule has 0 saturated carbocycles. The number of amides is 1. The highest BCUT2D eigenvalue weighted by Crippen LogP contribution is 2.45. The first-order valence-corrected chi connectivity index (χ1v) is 19.1.